The number of anilines is 1. The summed E-state index contributed by atoms with van der Waals surface area (Å²) in [6.07, 6.45) is 5.86. The molecule has 1 aliphatic carbocycles. The average Bonchev–Trinajstić information content (AvgIpc) is 3.42. The molecular formula is C25H24N6OS. The fourth-order valence-electron chi connectivity index (χ4n) is 4.37. The van der Waals surface area contributed by atoms with Gasteiger partial charge in [-0.25, -0.2) is 9.97 Å². The molecule has 7 nitrogen and oxygen atoms in total. The highest BCUT2D eigenvalue weighted by molar-refractivity contribution is 7.22. The Kier molecular flexibility index (Phi) is 5.22. The van der Waals surface area contributed by atoms with Crippen LogP contribution < -0.4 is 10.2 Å². The van der Waals surface area contributed by atoms with Gasteiger partial charge in [0.2, 0.25) is 5.91 Å². The summed E-state index contributed by atoms with van der Waals surface area (Å²) in [4.78, 5) is 34.1. The van der Waals surface area contributed by atoms with Gasteiger partial charge >= 0.3 is 0 Å². The van der Waals surface area contributed by atoms with Crippen LogP contribution in [0.15, 0.2) is 54.7 Å². The molecule has 1 saturated heterocycles. The molecule has 0 bridgehead atoms. The minimum absolute atomic E-state index is 0.0540. The van der Waals surface area contributed by atoms with E-state index in [1.807, 2.05) is 48.5 Å². The first-order valence-corrected chi connectivity index (χ1v) is 12.3. The second-order valence-corrected chi connectivity index (χ2v) is 9.60. The first-order valence-electron chi connectivity index (χ1n) is 11.4. The van der Waals surface area contributed by atoms with E-state index < -0.39 is 0 Å². The number of aromatic nitrogens is 4. The Morgan fingerprint density at radius 3 is 2.67 bits per heavy atom. The summed E-state index contributed by atoms with van der Waals surface area (Å²) in [6, 6.07) is 15.6. The lowest BCUT2D eigenvalue weighted by Gasteiger charge is -2.23. The van der Waals surface area contributed by atoms with Crippen LogP contribution >= 0.6 is 11.3 Å². The van der Waals surface area contributed by atoms with E-state index in [9.17, 15) is 4.79 Å². The SMILES string of the molecule is O=C(NCc1ccccc1)[C@H]1CCCN1c1nc2nc(-c3ccccn3)nc(C3CC3)c2s1. The highest BCUT2D eigenvalue weighted by atomic mass is 32.1. The third-order valence-electron chi connectivity index (χ3n) is 6.24. The lowest BCUT2D eigenvalue weighted by molar-refractivity contribution is -0.122. The number of amides is 1. The van der Waals surface area contributed by atoms with E-state index in [1.165, 1.54) is 0 Å². The topological polar surface area (TPSA) is 83.9 Å². The first-order chi connectivity index (χ1) is 16.3. The number of fused-ring (bicyclic) bond motifs is 1. The van der Waals surface area contributed by atoms with Crippen LogP contribution in [0.4, 0.5) is 5.13 Å². The highest BCUT2D eigenvalue weighted by Crippen LogP contribution is 2.45. The molecule has 1 saturated carbocycles. The van der Waals surface area contributed by atoms with Crippen molar-refractivity contribution < 1.29 is 4.79 Å². The van der Waals surface area contributed by atoms with Gasteiger partial charge in [-0.2, -0.15) is 4.98 Å². The summed E-state index contributed by atoms with van der Waals surface area (Å²) in [6.45, 7) is 1.36. The lowest BCUT2D eigenvalue weighted by Crippen LogP contribution is -2.43. The van der Waals surface area contributed by atoms with Crippen LogP contribution in [0, 0.1) is 0 Å². The summed E-state index contributed by atoms with van der Waals surface area (Å²) in [5.41, 5.74) is 3.65. The molecule has 0 radical (unpaired) electrons. The largest absolute Gasteiger partial charge is 0.350 e. The van der Waals surface area contributed by atoms with Crippen molar-refractivity contribution in [2.75, 3.05) is 11.4 Å². The zero-order chi connectivity index (χ0) is 22.2. The first kappa shape index (κ1) is 20.2. The molecule has 1 atom stereocenters. The Morgan fingerprint density at radius 2 is 1.88 bits per heavy atom. The van der Waals surface area contributed by atoms with Gasteiger partial charge < -0.3 is 10.2 Å². The Balaban J connectivity index is 1.29. The summed E-state index contributed by atoms with van der Waals surface area (Å²) < 4.78 is 1.04. The molecule has 2 fully saturated rings. The van der Waals surface area contributed by atoms with E-state index in [0.717, 1.165) is 59.0 Å². The minimum atomic E-state index is -0.207. The van der Waals surface area contributed by atoms with Gasteiger partial charge in [-0.3, -0.25) is 9.78 Å². The molecule has 3 aromatic heterocycles. The van der Waals surface area contributed by atoms with Crippen molar-refractivity contribution in [1.29, 1.82) is 0 Å². The van der Waals surface area contributed by atoms with Crippen molar-refractivity contribution in [2.24, 2.45) is 0 Å². The van der Waals surface area contributed by atoms with E-state index in [1.54, 1.807) is 17.5 Å². The highest BCUT2D eigenvalue weighted by Gasteiger charge is 2.35. The maximum Gasteiger partial charge on any atom is 0.243 e. The zero-order valence-electron chi connectivity index (χ0n) is 18.1. The van der Waals surface area contributed by atoms with Gasteiger partial charge in [0.1, 0.15) is 11.7 Å². The van der Waals surface area contributed by atoms with Crippen LogP contribution in [0.5, 0.6) is 0 Å². The van der Waals surface area contributed by atoms with Gasteiger partial charge in [0, 0.05) is 25.2 Å². The molecule has 2 aliphatic rings. The minimum Gasteiger partial charge on any atom is -0.350 e. The van der Waals surface area contributed by atoms with Gasteiger partial charge in [-0.1, -0.05) is 47.7 Å². The van der Waals surface area contributed by atoms with E-state index in [2.05, 4.69) is 15.2 Å². The van der Waals surface area contributed by atoms with Crippen molar-refractivity contribution >= 4 is 32.7 Å². The molecule has 1 aromatic carbocycles. The normalized spacial score (nSPS) is 18.1. The number of hydrogen-bond donors (Lipinski definition) is 1. The third kappa shape index (κ3) is 4.06. The van der Waals surface area contributed by atoms with Gasteiger partial charge in [-0.15, -0.1) is 0 Å². The molecule has 4 heterocycles. The fourth-order valence-corrected chi connectivity index (χ4v) is 5.52. The Morgan fingerprint density at radius 1 is 1.03 bits per heavy atom. The number of nitrogens with one attached hydrogen (secondary N) is 1. The molecule has 0 unspecified atom stereocenters. The molecule has 6 rings (SSSR count). The number of carbonyl (C=O) groups excluding carboxylic acids is 1. The number of hydrogen-bond acceptors (Lipinski definition) is 7. The maximum atomic E-state index is 13.0. The maximum absolute atomic E-state index is 13.0. The number of thiazole rings is 1. The number of carbonyl (C=O) groups is 1. The second kappa shape index (κ2) is 8.51. The fraction of sp³-hybridized carbons (Fsp3) is 0.320. The lowest BCUT2D eigenvalue weighted by atomic mass is 10.2. The Hall–Kier alpha value is -3.39. The summed E-state index contributed by atoms with van der Waals surface area (Å²) in [7, 11) is 0. The van der Waals surface area contributed by atoms with Crippen LogP contribution in [0.3, 0.4) is 0 Å². The van der Waals surface area contributed by atoms with Crippen LogP contribution in [0.25, 0.3) is 21.9 Å². The van der Waals surface area contributed by atoms with Gasteiger partial charge in [0.15, 0.2) is 16.6 Å². The second-order valence-electron chi connectivity index (χ2n) is 8.63. The van der Waals surface area contributed by atoms with Crippen molar-refractivity contribution in [3.8, 4) is 11.5 Å². The van der Waals surface area contributed by atoms with Crippen LogP contribution in [0.2, 0.25) is 0 Å². The van der Waals surface area contributed by atoms with Gasteiger partial charge in [-0.05, 0) is 43.4 Å². The third-order valence-corrected chi connectivity index (χ3v) is 7.34. The van der Waals surface area contributed by atoms with E-state index in [0.29, 0.717) is 23.9 Å². The molecule has 1 aliphatic heterocycles. The predicted octanol–water partition coefficient (Wildman–Crippen LogP) is 4.31. The predicted molar refractivity (Wildman–Crippen MR) is 129 cm³/mol. The Labute approximate surface area is 195 Å². The van der Waals surface area contributed by atoms with E-state index >= 15 is 0 Å². The number of benzene rings is 1. The average molecular weight is 457 g/mol. The van der Waals surface area contributed by atoms with Crippen LogP contribution in [-0.4, -0.2) is 38.4 Å². The summed E-state index contributed by atoms with van der Waals surface area (Å²) >= 11 is 1.62. The number of pyridine rings is 1. The monoisotopic (exact) mass is 456 g/mol. The van der Waals surface area contributed by atoms with Crippen LogP contribution in [-0.2, 0) is 11.3 Å². The van der Waals surface area contributed by atoms with Crippen LogP contribution in [0.1, 0.15) is 42.9 Å². The Bertz CT molecular complexity index is 1290. The van der Waals surface area contributed by atoms with Crippen molar-refractivity contribution in [1.82, 2.24) is 25.3 Å². The molecule has 4 aromatic rings. The van der Waals surface area contributed by atoms with Gasteiger partial charge in [0.05, 0.1) is 10.4 Å². The van der Waals surface area contributed by atoms with E-state index in [4.69, 9.17) is 15.0 Å². The number of nitrogens with zero attached hydrogens (tertiary/aromatic N) is 5. The quantitative estimate of drug-likeness (QED) is 0.465. The standard InChI is InChI=1S/C25H24N6OS/c32-24(27-15-16-7-2-1-3-8-16)19-10-6-14-31(19)25-30-23-21(33-25)20(17-11-12-17)28-22(29-23)18-9-4-5-13-26-18/h1-5,7-9,13,17,19H,6,10-12,14-15H2,(H,27,32)/t19-/m1/s1. The molecule has 33 heavy (non-hydrogen) atoms. The molecule has 0 spiro atoms. The van der Waals surface area contributed by atoms with Gasteiger partial charge in [0.25, 0.3) is 0 Å². The summed E-state index contributed by atoms with van der Waals surface area (Å²) in [5, 5.41) is 3.96. The smallest absolute Gasteiger partial charge is 0.243 e. The molecular weight excluding hydrogens is 432 g/mol. The number of rotatable bonds is 6. The van der Waals surface area contributed by atoms with Crippen molar-refractivity contribution in [3.63, 3.8) is 0 Å². The molecule has 8 heteroatoms. The van der Waals surface area contributed by atoms with Crippen molar-refractivity contribution in [2.45, 2.75) is 44.2 Å². The molecule has 1 amide bonds. The van der Waals surface area contributed by atoms with Crippen molar-refractivity contribution in [3.05, 3.63) is 66.0 Å². The molecule has 166 valence electrons. The summed E-state index contributed by atoms with van der Waals surface area (Å²) in [5.74, 6) is 1.15. The zero-order valence-corrected chi connectivity index (χ0v) is 19.0. The molecule has 1 N–H and O–H groups in total. The van der Waals surface area contributed by atoms with E-state index in [-0.39, 0.29) is 11.9 Å².